The highest BCUT2D eigenvalue weighted by Crippen LogP contribution is 2.45. The monoisotopic (exact) mass is 480 g/mol. The molecular formula is C23H24N6O4S. The van der Waals surface area contributed by atoms with Crippen molar-refractivity contribution in [2.75, 3.05) is 19.1 Å². The van der Waals surface area contributed by atoms with E-state index in [-0.39, 0.29) is 12.7 Å². The predicted octanol–water partition coefficient (Wildman–Crippen LogP) is 3.71. The Morgan fingerprint density at radius 3 is 2.76 bits per heavy atom. The van der Waals surface area contributed by atoms with Gasteiger partial charge in [0.2, 0.25) is 12.7 Å². The van der Waals surface area contributed by atoms with E-state index < -0.39 is 5.41 Å². The van der Waals surface area contributed by atoms with Crippen LogP contribution in [0.5, 0.6) is 11.5 Å². The Morgan fingerprint density at radius 2 is 2.03 bits per heavy atom. The molecular weight excluding hydrogens is 456 g/mol. The number of fused-ring (bicyclic) bond motifs is 2. The van der Waals surface area contributed by atoms with Crippen LogP contribution in [0.4, 0.5) is 5.82 Å². The molecule has 1 aliphatic heterocycles. The summed E-state index contributed by atoms with van der Waals surface area (Å²) in [6, 6.07) is 7.52. The maximum atomic E-state index is 12.3. The molecule has 176 valence electrons. The Labute approximate surface area is 199 Å². The third kappa shape index (κ3) is 4.14. The molecule has 1 aromatic carbocycles. The number of imidazole rings is 1. The lowest BCUT2D eigenvalue weighted by Crippen LogP contribution is -2.36. The van der Waals surface area contributed by atoms with E-state index in [1.165, 1.54) is 18.1 Å². The number of hydrogen-bond donors (Lipinski definition) is 2. The van der Waals surface area contributed by atoms with Crippen molar-refractivity contribution in [2.45, 2.75) is 37.4 Å². The van der Waals surface area contributed by atoms with E-state index in [0.29, 0.717) is 52.5 Å². The molecule has 0 unspecified atom stereocenters. The molecule has 5 rings (SSSR count). The van der Waals surface area contributed by atoms with E-state index in [9.17, 15) is 4.79 Å². The normalized spacial score (nSPS) is 12.9. The van der Waals surface area contributed by atoms with Gasteiger partial charge < -0.3 is 29.5 Å². The third-order valence-corrected chi connectivity index (χ3v) is 6.34. The Bertz CT molecular complexity index is 1360. The molecule has 3 aromatic heterocycles. The highest BCUT2D eigenvalue weighted by Gasteiger charge is 2.24. The molecule has 1 aliphatic rings. The molecule has 0 saturated heterocycles. The summed E-state index contributed by atoms with van der Waals surface area (Å²) in [5.74, 6) is 2.26. The fourth-order valence-electron chi connectivity index (χ4n) is 3.49. The molecule has 3 N–H and O–H groups in total. The molecule has 34 heavy (non-hydrogen) atoms. The number of furan rings is 1. The predicted molar refractivity (Wildman–Crippen MR) is 127 cm³/mol. The molecule has 0 atom stereocenters. The van der Waals surface area contributed by atoms with Gasteiger partial charge in [0.1, 0.15) is 12.1 Å². The summed E-state index contributed by atoms with van der Waals surface area (Å²) in [5, 5.41) is 3.63. The average molecular weight is 481 g/mol. The van der Waals surface area contributed by atoms with E-state index in [1.54, 1.807) is 6.26 Å². The Morgan fingerprint density at radius 1 is 1.24 bits per heavy atom. The maximum Gasteiger partial charge on any atom is 0.231 e. The number of nitrogens with one attached hydrogen (secondary N) is 1. The maximum absolute atomic E-state index is 12.3. The average Bonchev–Trinajstić information content (AvgIpc) is 3.53. The first-order chi connectivity index (χ1) is 16.3. The topological polar surface area (TPSA) is 130 Å². The first-order valence-corrected chi connectivity index (χ1v) is 11.5. The SMILES string of the molecule is CC(C)(C)C(=O)NCCn1c(Sc2cc3c(cc2-c2ccco2)OCO3)nc2c(N)ncnc21. The smallest absolute Gasteiger partial charge is 0.231 e. The number of carbonyl (C=O) groups excluding carboxylic acids is 1. The zero-order chi connectivity index (χ0) is 23.9. The summed E-state index contributed by atoms with van der Waals surface area (Å²) >= 11 is 1.42. The number of anilines is 1. The van der Waals surface area contributed by atoms with Crippen molar-refractivity contribution in [3.63, 3.8) is 0 Å². The first-order valence-electron chi connectivity index (χ1n) is 10.7. The summed E-state index contributed by atoms with van der Waals surface area (Å²) in [7, 11) is 0. The number of hydrogen-bond acceptors (Lipinski definition) is 9. The number of carbonyl (C=O) groups is 1. The van der Waals surface area contributed by atoms with E-state index in [2.05, 4.69) is 15.3 Å². The van der Waals surface area contributed by atoms with Crippen LogP contribution in [0.15, 0.2) is 51.3 Å². The Balaban J connectivity index is 1.53. The molecule has 0 bridgehead atoms. The van der Waals surface area contributed by atoms with Crippen LogP contribution in [0, 0.1) is 5.41 Å². The van der Waals surface area contributed by atoms with Gasteiger partial charge in [0, 0.05) is 29.0 Å². The Hall–Kier alpha value is -3.73. The van der Waals surface area contributed by atoms with Crippen molar-refractivity contribution in [1.82, 2.24) is 24.8 Å². The van der Waals surface area contributed by atoms with Crippen LogP contribution in [0.25, 0.3) is 22.5 Å². The molecule has 0 saturated carbocycles. The van der Waals surface area contributed by atoms with E-state index in [1.807, 2.05) is 49.6 Å². The molecule has 11 heteroatoms. The lowest BCUT2D eigenvalue weighted by molar-refractivity contribution is -0.128. The van der Waals surface area contributed by atoms with Gasteiger partial charge in [-0.15, -0.1) is 0 Å². The number of aromatic nitrogens is 4. The minimum Gasteiger partial charge on any atom is -0.464 e. The molecule has 4 heterocycles. The fraction of sp³-hybridized carbons (Fsp3) is 0.304. The Kier molecular flexibility index (Phi) is 5.56. The molecule has 10 nitrogen and oxygen atoms in total. The van der Waals surface area contributed by atoms with Crippen LogP contribution >= 0.6 is 11.8 Å². The van der Waals surface area contributed by atoms with Gasteiger partial charge in [-0.2, -0.15) is 0 Å². The lowest BCUT2D eigenvalue weighted by Gasteiger charge is -2.18. The summed E-state index contributed by atoms with van der Waals surface area (Å²) in [5.41, 5.74) is 7.56. The number of nitrogen functional groups attached to an aromatic ring is 1. The van der Waals surface area contributed by atoms with Crippen LogP contribution in [0.3, 0.4) is 0 Å². The number of nitrogens with two attached hydrogens (primary N) is 1. The number of amides is 1. The summed E-state index contributed by atoms with van der Waals surface area (Å²) in [6.45, 7) is 6.65. The van der Waals surface area contributed by atoms with E-state index in [0.717, 1.165) is 10.5 Å². The lowest BCUT2D eigenvalue weighted by atomic mass is 9.96. The molecule has 1 amide bonds. The van der Waals surface area contributed by atoms with Crippen molar-refractivity contribution in [3.8, 4) is 22.8 Å². The highest BCUT2D eigenvalue weighted by atomic mass is 32.2. The second-order valence-electron chi connectivity index (χ2n) is 8.76. The van der Waals surface area contributed by atoms with Gasteiger partial charge in [0.05, 0.1) is 6.26 Å². The third-order valence-electron chi connectivity index (χ3n) is 5.29. The minimum absolute atomic E-state index is 0.0314. The van der Waals surface area contributed by atoms with E-state index >= 15 is 0 Å². The number of rotatable bonds is 6. The number of benzene rings is 1. The van der Waals surface area contributed by atoms with Gasteiger partial charge in [-0.25, -0.2) is 15.0 Å². The van der Waals surface area contributed by atoms with Crippen molar-refractivity contribution in [1.29, 1.82) is 0 Å². The van der Waals surface area contributed by atoms with Gasteiger partial charge in [-0.05, 0) is 24.3 Å². The highest BCUT2D eigenvalue weighted by molar-refractivity contribution is 7.99. The first kappa shape index (κ1) is 22.1. The van der Waals surface area contributed by atoms with Crippen molar-refractivity contribution >= 4 is 34.7 Å². The molecule has 0 fully saturated rings. The number of ether oxygens (including phenoxy) is 2. The van der Waals surface area contributed by atoms with E-state index in [4.69, 9.17) is 24.6 Å². The van der Waals surface area contributed by atoms with Crippen LogP contribution in [0.2, 0.25) is 0 Å². The summed E-state index contributed by atoms with van der Waals surface area (Å²) in [6.07, 6.45) is 3.03. The fourth-order valence-corrected chi connectivity index (χ4v) is 4.55. The standard InChI is InChI=1S/C23H24N6O4S/c1-23(2,3)21(30)25-6-7-29-20-18(19(24)26-11-27-20)28-22(29)34-17-10-16-15(32-12-33-16)9-13(17)14-5-4-8-31-14/h4-5,8-11H,6-7,12H2,1-3H3,(H,25,30)(H2,24,26,27). The van der Waals surface area contributed by atoms with Gasteiger partial charge in [-0.3, -0.25) is 4.79 Å². The van der Waals surface area contributed by atoms with Crippen molar-refractivity contribution < 1.29 is 18.7 Å². The second kappa shape index (κ2) is 8.56. The summed E-state index contributed by atoms with van der Waals surface area (Å²) in [4.78, 5) is 26.4. The van der Waals surface area contributed by atoms with Crippen LogP contribution in [-0.2, 0) is 11.3 Å². The van der Waals surface area contributed by atoms with Crippen LogP contribution in [0.1, 0.15) is 20.8 Å². The van der Waals surface area contributed by atoms with Gasteiger partial charge >= 0.3 is 0 Å². The van der Waals surface area contributed by atoms with Gasteiger partial charge in [0.15, 0.2) is 33.6 Å². The molecule has 4 aromatic rings. The van der Waals surface area contributed by atoms with Gasteiger partial charge in [-0.1, -0.05) is 32.5 Å². The number of nitrogens with zero attached hydrogens (tertiary/aromatic N) is 4. The molecule has 0 aliphatic carbocycles. The quantitative estimate of drug-likeness (QED) is 0.424. The largest absolute Gasteiger partial charge is 0.464 e. The molecule has 0 spiro atoms. The zero-order valence-corrected chi connectivity index (χ0v) is 19.8. The second-order valence-corrected chi connectivity index (χ2v) is 9.77. The summed E-state index contributed by atoms with van der Waals surface area (Å²) < 4.78 is 18.8. The van der Waals surface area contributed by atoms with Crippen LogP contribution in [-0.4, -0.2) is 38.8 Å². The van der Waals surface area contributed by atoms with Crippen molar-refractivity contribution in [2.24, 2.45) is 5.41 Å². The van der Waals surface area contributed by atoms with Gasteiger partial charge in [0.25, 0.3) is 0 Å². The minimum atomic E-state index is -0.481. The van der Waals surface area contributed by atoms with Crippen molar-refractivity contribution in [3.05, 3.63) is 36.9 Å². The zero-order valence-electron chi connectivity index (χ0n) is 19.0. The van der Waals surface area contributed by atoms with Crippen LogP contribution < -0.4 is 20.5 Å². The molecule has 0 radical (unpaired) electrons.